The molecule has 19 heavy (non-hydrogen) atoms. The van der Waals surface area contributed by atoms with Gasteiger partial charge in [0, 0.05) is 19.5 Å². The zero-order valence-electron chi connectivity index (χ0n) is 12.0. The van der Waals surface area contributed by atoms with E-state index >= 15 is 0 Å². The van der Waals surface area contributed by atoms with E-state index in [-0.39, 0.29) is 5.91 Å². The van der Waals surface area contributed by atoms with E-state index in [0.717, 1.165) is 31.2 Å². The maximum absolute atomic E-state index is 11.8. The summed E-state index contributed by atoms with van der Waals surface area (Å²) in [7, 11) is 0. The maximum atomic E-state index is 11.8. The summed E-state index contributed by atoms with van der Waals surface area (Å²) in [5, 5.41) is 2.88. The molecule has 0 aliphatic heterocycles. The average molecular weight is 282 g/mol. The second-order valence-electron chi connectivity index (χ2n) is 4.32. The van der Waals surface area contributed by atoms with E-state index in [9.17, 15) is 4.79 Å². The molecule has 0 radical (unpaired) electrons. The minimum absolute atomic E-state index is 0.0268. The summed E-state index contributed by atoms with van der Waals surface area (Å²) >= 11 is 5.27. The number of H-pyrrole nitrogens is 1. The summed E-state index contributed by atoms with van der Waals surface area (Å²) < 4.78 is 0.433. The van der Waals surface area contributed by atoms with Gasteiger partial charge in [-0.25, -0.2) is 4.98 Å². The van der Waals surface area contributed by atoms with Gasteiger partial charge in [0.25, 0.3) is 0 Å². The number of nitrogens with zero attached hydrogens (tertiary/aromatic N) is 2. The molecule has 0 saturated heterocycles. The molecule has 1 rings (SSSR count). The Hall–Kier alpha value is -1.43. The van der Waals surface area contributed by atoms with Crippen LogP contribution < -0.4 is 10.2 Å². The molecule has 0 spiro atoms. The summed E-state index contributed by atoms with van der Waals surface area (Å²) in [6, 6.07) is 0. The predicted octanol–water partition coefficient (Wildman–Crippen LogP) is 3.03. The molecule has 1 aromatic rings. The lowest BCUT2D eigenvalue weighted by atomic mass is 10.3. The monoisotopic (exact) mass is 282 g/mol. The van der Waals surface area contributed by atoms with Crippen LogP contribution >= 0.6 is 12.2 Å². The van der Waals surface area contributed by atoms with Crippen molar-refractivity contribution in [2.45, 2.75) is 40.5 Å². The van der Waals surface area contributed by atoms with E-state index in [4.69, 9.17) is 12.2 Å². The van der Waals surface area contributed by atoms with Gasteiger partial charge >= 0.3 is 0 Å². The van der Waals surface area contributed by atoms with E-state index in [1.54, 1.807) is 0 Å². The Bertz CT molecular complexity index is 494. The van der Waals surface area contributed by atoms with Crippen LogP contribution in [0.4, 0.5) is 11.5 Å². The molecule has 2 N–H and O–H groups in total. The quantitative estimate of drug-likeness (QED) is 0.787. The highest BCUT2D eigenvalue weighted by Crippen LogP contribution is 2.24. The minimum Gasteiger partial charge on any atom is -0.357 e. The van der Waals surface area contributed by atoms with Crippen molar-refractivity contribution < 1.29 is 4.79 Å². The van der Waals surface area contributed by atoms with Crippen LogP contribution in [-0.4, -0.2) is 29.0 Å². The molecule has 1 heterocycles. The SMILES string of the molecule is CCCC(=O)Nc1c(N(CC)CC)[nH]c(C)nc1=S. The molecule has 0 bridgehead atoms. The van der Waals surface area contributed by atoms with Crippen molar-refractivity contribution in [1.82, 2.24) is 9.97 Å². The van der Waals surface area contributed by atoms with Crippen LogP contribution in [0.25, 0.3) is 0 Å². The van der Waals surface area contributed by atoms with Gasteiger partial charge in [-0.2, -0.15) is 0 Å². The molecule has 0 saturated carbocycles. The summed E-state index contributed by atoms with van der Waals surface area (Å²) in [4.78, 5) is 21.3. The third-order valence-corrected chi connectivity index (χ3v) is 3.14. The van der Waals surface area contributed by atoms with Crippen molar-refractivity contribution in [2.75, 3.05) is 23.3 Å². The van der Waals surface area contributed by atoms with Gasteiger partial charge in [0.1, 0.15) is 17.3 Å². The molecule has 0 aliphatic rings. The highest BCUT2D eigenvalue weighted by Gasteiger charge is 2.14. The molecule has 0 fully saturated rings. The minimum atomic E-state index is -0.0268. The first-order chi connectivity index (χ1) is 9.03. The fraction of sp³-hybridized carbons (Fsp3) is 0.615. The molecule has 0 aliphatic carbocycles. The Morgan fingerprint density at radius 1 is 1.37 bits per heavy atom. The number of anilines is 2. The van der Waals surface area contributed by atoms with E-state index in [2.05, 4.69) is 34.0 Å². The van der Waals surface area contributed by atoms with Crippen molar-refractivity contribution in [2.24, 2.45) is 0 Å². The van der Waals surface area contributed by atoms with E-state index in [1.807, 2.05) is 13.8 Å². The van der Waals surface area contributed by atoms with Gasteiger partial charge < -0.3 is 15.2 Å². The van der Waals surface area contributed by atoms with Crippen molar-refractivity contribution in [1.29, 1.82) is 0 Å². The van der Waals surface area contributed by atoms with Crippen LogP contribution in [0.1, 0.15) is 39.4 Å². The Labute approximate surface area is 119 Å². The lowest BCUT2D eigenvalue weighted by molar-refractivity contribution is -0.116. The number of aromatic amines is 1. The first-order valence-electron chi connectivity index (χ1n) is 6.69. The standard InChI is InChI=1S/C13H22N4OS/c1-5-8-10(18)16-11-12(17(6-2)7-3)14-9(4)15-13(11)19/h5-8H2,1-4H3,(H,16,18)(H,14,15,19). The van der Waals surface area contributed by atoms with Crippen LogP contribution in [-0.2, 0) is 4.79 Å². The molecule has 0 atom stereocenters. The number of aromatic nitrogens is 2. The zero-order valence-corrected chi connectivity index (χ0v) is 12.9. The molecule has 0 aromatic carbocycles. The van der Waals surface area contributed by atoms with E-state index in [0.29, 0.717) is 16.7 Å². The second-order valence-corrected chi connectivity index (χ2v) is 4.71. The average Bonchev–Trinajstić information content (AvgIpc) is 2.35. The Balaban J connectivity index is 3.20. The van der Waals surface area contributed by atoms with Crippen molar-refractivity contribution in [3.05, 3.63) is 10.5 Å². The molecule has 6 heteroatoms. The smallest absolute Gasteiger partial charge is 0.224 e. The number of rotatable bonds is 6. The lowest BCUT2D eigenvalue weighted by Gasteiger charge is -2.24. The third kappa shape index (κ3) is 4.02. The normalized spacial score (nSPS) is 10.3. The number of hydrogen-bond donors (Lipinski definition) is 2. The van der Waals surface area contributed by atoms with Crippen LogP contribution in [0.5, 0.6) is 0 Å². The first-order valence-corrected chi connectivity index (χ1v) is 7.09. The first kappa shape index (κ1) is 15.6. The Morgan fingerprint density at radius 2 is 2.00 bits per heavy atom. The Morgan fingerprint density at radius 3 is 2.53 bits per heavy atom. The van der Waals surface area contributed by atoms with Crippen LogP contribution in [0, 0.1) is 11.6 Å². The predicted molar refractivity (Wildman–Crippen MR) is 81.3 cm³/mol. The second kappa shape index (κ2) is 7.23. The van der Waals surface area contributed by atoms with Crippen LogP contribution in [0.3, 0.4) is 0 Å². The zero-order chi connectivity index (χ0) is 14.4. The number of hydrogen-bond acceptors (Lipinski definition) is 4. The van der Waals surface area contributed by atoms with Gasteiger partial charge in [-0.3, -0.25) is 4.79 Å². The van der Waals surface area contributed by atoms with Gasteiger partial charge in [-0.1, -0.05) is 19.1 Å². The topological polar surface area (TPSA) is 61.0 Å². The molecule has 5 nitrogen and oxygen atoms in total. The van der Waals surface area contributed by atoms with Crippen LogP contribution in [0.2, 0.25) is 0 Å². The lowest BCUT2D eigenvalue weighted by Crippen LogP contribution is -2.26. The molecule has 1 amide bonds. The highest BCUT2D eigenvalue weighted by molar-refractivity contribution is 7.71. The van der Waals surface area contributed by atoms with Gasteiger partial charge in [0.2, 0.25) is 5.91 Å². The van der Waals surface area contributed by atoms with E-state index in [1.165, 1.54) is 0 Å². The van der Waals surface area contributed by atoms with Crippen LogP contribution in [0.15, 0.2) is 0 Å². The van der Waals surface area contributed by atoms with Crippen molar-refractivity contribution >= 4 is 29.6 Å². The van der Waals surface area contributed by atoms with Gasteiger partial charge in [-0.15, -0.1) is 0 Å². The summed E-state index contributed by atoms with van der Waals surface area (Å²) in [5.74, 6) is 1.56. The number of carbonyl (C=O) groups is 1. The number of aryl methyl sites for hydroxylation is 1. The summed E-state index contributed by atoms with van der Waals surface area (Å²) in [6.07, 6.45) is 1.29. The molecular formula is C13H22N4OS. The van der Waals surface area contributed by atoms with E-state index < -0.39 is 0 Å². The number of carbonyl (C=O) groups excluding carboxylic acids is 1. The van der Waals surface area contributed by atoms with Gasteiger partial charge in [0.15, 0.2) is 4.64 Å². The third-order valence-electron chi connectivity index (χ3n) is 2.84. The largest absolute Gasteiger partial charge is 0.357 e. The summed E-state index contributed by atoms with van der Waals surface area (Å²) in [6.45, 7) is 9.63. The molecule has 1 aromatic heterocycles. The molecule has 0 unspecified atom stereocenters. The van der Waals surface area contributed by atoms with Gasteiger partial charge in [-0.05, 0) is 27.2 Å². The fourth-order valence-corrected chi connectivity index (χ4v) is 2.17. The summed E-state index contributed by atoms with van der Waals surface area (Å²) in [5.41, 5.74) is 0.614. The number of nitrogens with one attached hydrogen (secondary N) is 2. The van der Waals surface area contributed by atoms with Gasteiger partial charge in [0.05, 0.1) is 0 Å². The van der Waals surface area contributed by atoms with Crippen molar-refractivity contribution in [3.63, 3.8) is 0 Å². The van der Waals surface area contributed by atoms with Crippen molar-refractivity contribution in [3.8, 4) is 0 Å². The molecular weight excluding hydrogens is 260 g/mol. The fourth-order valence-electron chi connectivity index (χ4n) is 1.89. The number of amides is 1. The highest BCUT2D eigenvalue weighted by atomic mass is 32.1. The molecule has 106 valence electrons. The Kier molecular flexibility index (Phi) is 5.95. The maximum Gasteiger partial charge on any atom is 0.224 e.